The fourth-order valence-corrected chi connectivity index (χ4v) is 3.36. The zero-order valence-corrected chi connectivity index (χ0v) is 17.4. The van der Waals surface area contributed by atoms with Crippen LogP contribution in [0.5, 0.6) is 5.75 Å². The van der Waals surface area contributed by atoms with Crippen molar-refractivity contribution in [3.05, 3.63) is 76.9 Å². The third-order valence-corrected chi connectivity index (χ3v) is 4.99. The zero-order valence-electron chi connectivity index (χ0n) is 17.4. The summed E-state index contributed by atoms with van der Waals surface area (Å²) in [6, 6.07) is 12.7. The molecule has 0 amide bonds. The Labute approximate surface area is 171 Å². The number of nitrogens with one attached hydrogen (secondary N) is 1. The number of halogens is 1. The first-order valence-corrected chi connectivity index (χ1v) is 9.80. The van der Waals surface area contributed by atoms with Crippen LogP contribution in [0.2, 0.25) is 0 Å². The van der Waals surface area contributed by atoms with Crippen LogP contribution in [0.3, 0.4) is 0 Å². The molecule has 0 aliphatic carbocycles. The summed E-state index contributed by atoms with van der Waals surface area (Å²) >= 11 is 0. The largest absolute Gasteiger partial charge is 0.496 e. The fraction of sp³-hybridized carbons (Fsp3) is 0.348. The number of aromatic nitrogens is 2. The number of ether oxygens (including phenoxy) is 2. The molecule has 0 saturated heterocycles. The number of hydrogen-bond donors (Lipinski definition) is 1. The maximum absolute atomic E-state index is 13.6. The Morgan fingerprint density at radius 1 is 1.21 bits per heavy atom. The topological polar surface area (TPSA) is 48.3 Å². The van der Waals surface area contributed by atoms with Crippen molar-refractivity contribution in [1.82, 2.24) is 15.1 Å². The molecule has 1 atom stereocenters. The van der Waals surface area contributed by atoms with Crippen molar-refractivity contribution in [1.29, 1.82) is 0 Å². The predicted octanol–water partition coefficient (Wildman–Crippen LogP) is 4.72. The molecule has 0 saturated carbocycles. The molecule has 6 heteroatoms. The van der Waals surface area contributed by atoms with E-state index < -0.39 is 0 Å². The van der Waals surface area contributed by atoms with Gasteiger partial charge in [-0.1, -0.05) is 12.1 Å². The molecule has 3 rings (SSSR count). The number of hydrogen-bond acceptors (Lipinski definition) is 4. The van der Waals surface area contributed by atoms with E-state index in [2.05, 4.69) is 29.5 Å². The molecule has 29 heavy (non-hydrogen) atoms. The molecule has 1 unspecified atom stereocenters. The predicted molar refractivity (Wildman–Crippen MR) is 112 cm³/mol. The smallest absolute Gasteiger partial charge is 0.125 e. The lowest BCUT2D eigenvalue weighted by Crippen LogP contribution is -2.19. The Bertz CT molecular complexity index is 955. The molecule has 0 fully saturated rings. The molecule has 0 aliphatic heterocycles. The van der Waals surface area contributed by atoms with E-state index in [4.69, 9.17) is 9.47 Å². The lowest BCUT2D eigenvalue weighted by Gasteiger charge is -2.16. The van der Waals surface area contributed by atoms with Crippen LogP contribution in [0.25, 0.3) is 5.69 Å². The van der Waals surface area contributed by atoms with Gasteiger partial charge in [-0.3, -0.25) is 0 Å². The van der Waals surface area contributed by atoms with Crippen LogP contribution in [-0.2, 0) is 17.9 Å². The maximum atomic E-state index is 13.6. The van der Waals surface area contributed by atoms with Crippen molar-refractivity contribution >= 4 is 0 Å². The number of nitrogens with zero attached hydrogens (tertiary/aromatic N) is 2. The van der Waals surface area contributed by atoms with Gasteiger partial charge in [-0.2, -0.15) is 5.10 Å². The van der Waals surface area contributed by atoms with E-state index >= 15 is 0 Å². The molecule has 1 heterocycles. The van der Waals surface area contributed by atoms with Gasteiger partial charge in [-0.05, 0) is 56.7 Å². The Balaban J connectivity index is 1.71. The van der Waals surface area contributed by atoms with E-state index in [-0.39, 0.29) is 11.9 Å². The van der Waals surface area contributed by atoms with E-state index in [1.807, 2.05) is 32.2 Å². The van der Waals surface area contributed by atoms with Crippen LogP contribution in [0.1, 0.15) is 42.3 Å². The highest BCUT2D eigenvalue weighted by Crippen LogP contribution is 2.23. The van der Waals surface area contributed by atoms with E-state index in [9.17, 15) is 4.39 Å². The van der Waals surface area contributed by atoms with Gasteiger partial charge in [-0.15, -0.1) is 0 Å². The summed E-state index contributed by atoms with van der Waals surface area (Å²) in [5.41, 5.74) is 4.98. The molecule has 2 aromatic carbocycles. The second-order valence-corrected chi connectivity index (χ2v) is 6.96. The SMILES string of the molecule is CCOCc1cc(CNC(C)c2cnn(-c3cccc(F)c3)c2C)ccc1OC. The van der Waals surface area contributed by atoms with Crippen molar-refractivity contribution in [3.63, 3.8) is 0 Å². The zero-order chi connectivity index (χ0) is 20.8. The summed E-state index contributed by atoms with van der Waals surface area (Å²) in [4.78, 5) is 0. The first-order chi connectivity index (χ1) is 14.0. The highest BCUT2D eigenvalue weighted by Gasteiger charge is 2.15. The molecule has 5 nitrogen and oxygen atoms in total. The molecule has 1 N–H and O–H groups in total. The third-order valence-electron chi connectivity index (χ3n) is 4.99. The molecule has 1 aromatic heterocycles. The number of methoxy groups -OCH3 is 1. The minimum atomic E-state index is -0.271. The van der Waals surface area contributed by atoms with E-state index in [0.717, 1.165) is 33.8 Å². The summed E-state index contributed by atoms with van der Waals surface area (Å²) in [6.45, 7) is 7.98. The van der Waals surface area contributed by atoms with Crippen LogP contribution in [0.15, 0.2) is 48.7 Å². The molecular weight excluding hydrogens is 369 g/mol. The molecule has 0 spiro atoms. The lowest BCUT2D eigenvalue weighted by molar-refractivity contribution is 0.132. The lowest BCUT2D eigenvalue weighted by atomic mass is 10.1. The van der Waals surface area contributed by atoms with Crippen LogP contribution in [0.4, 0.5) is 4.39 Å². The van der Waals surface area contributed by atoms with Crippen molar-refractivity contribution in [2.24, 2.45) is 0 Å². The van der Waals surface area contributed by atoms with Gasteiger partial charge in [0.05, 0.1) is 25.6 Å². The quantitative estimate of drug-likeness (QED) is 0.568. The second-order valence-electron chi connectivity index (χ2n) is 6.96. The Hall–Kier alpha value is -2.70. The molecule has 0 bridgehead atoms. The van der Waals surface area contributed by atoms with Crippen LogP contribution < -0.4 is 10.1 Å². The third kappa shape index (κ3) is 5.02. The Morgan fingerprint density at radius 3 is 2.76 bits per heavy atom. The normalized spacial score (nSPS) is 12.2. The van der Waals surface area contributed by atoms with Gasteiger partial charge >= 0.3 is 0 Å². The fourth-order valence-electron chi connectivity index (χ4n) is 3.36. The van der Waals surface area contributed by atoms with Gasteiger partial charge in [0.25, 0.3) is 0 Å². The average molecular weight is 397 g/mol. The van der Waals surface area contributed by atoms with E-state index in [0.29, 0.717) is 19.8 Å². The van der Waals surface area contributed by atoms with Gasteiger partial charge < -0.3 is 14.8 Å². The summed E-state index contributed by atoms with van der Waals surface area (Å²) in [7, 11) is 1.67. The van der Waals surface area contributed by atoms with Crippen LogP contribution in [0, 0.1) is 12.7 Å². The standard InChI is InChI=1S/C23H28FN3O2/c1-5-29-15-19-11-18(9-10-23(19)28-4)13-25-16(2)22-14-26-27(17(22)3)21-8-6-7-20(24)12-21/h6-12,14,16,25H,5,13,15H2,1-4H3. The second kappa shape index (κ2) is 9.67. The molecule has 0 radical (unpaired) electrons. The minimum Gasteiger partial charge on any atom is -0.496 e. The Kier molecular flexibility index (Phi) is 7.01. The average Bonchev–Trinajstić information content (AvgIpc) is 3.12. The first-order valence-electron chi connectivity index (χ1n) is 9.80. The van der Waals surface area contributed by atoms with Gasteiger partial charge in [0.2, 0.25) is 0 Å². The van der Waals surface area contributed by atoms with Crippen LogP contribution >= 0.6 is 0 Å². The summed E-state index contributed by atoms with van der Waals surface area (Å²) < 4.78 is 26.3. The van der Waals surface area contributed by atoms with Crippen molar-refractivity contribution in [3.8, 4) is 11.4 Å². The van der Waals surface area contributed by atoms with Gasteiger partial charge in [0, 0.05) is 36.0 Å². The van der Waals surface area contributed by atoms with Gasteiger partial charge in [0.1, 0.15) is 11.6 Å². The van der Waals surface area contributed by atoms with E-state index in [1.165, 1.54) is 12.1 Å². The number of benzene rings is 2. The molecule has 154 valence electrons. The highest BCUT2D eigenvalue weighted by atomic mass is 19.1. The summed E-state index contributed by atoms with van der Waals surface area (Å²) in [5, 5.41) is 7.99. The molecule has 3 aromatic rings. The highest BCUT2D eigenvalue weighted by molar-refractivity contribution is 5.38. The van der Waals surface area contributed by atoms with Crippen LogP contribution in [-0.4, -0.2) is 23.5 Å². The van der Waals surface area contributed by atoms with Crippen molar-refractivity contribution < 1.29 is 13.9 Å². The molecular formula is C23H28FN3O2. The maximum Gasteiger partial charge on any atom is 0.125 e. The number of rotatable bonds is 9. The van der Waals surface area contributed by atoms with E-state index in [1.54, 1.807) is 17.9 Å². The van der Waals surface area contributed by atoms with Gasteiger partial charge in [0.15, 0.2) is 0 Å². The van der Waals surface area contributed by atoms with Gasteiger partial charge in [-0.25, -0.2) is 9.07 Å². The Morgan fingerprint density at radius 2 is 2.03 bits per heavy atom. The molecule has 0 aliphatic rings. The summed E-state index contributed by atoms with van der Waals surface area (Å²) in [5.74, 6) is 0.565. The first kappa shape index (κ1) is 21.0. The summed E-state index contributed by atoms with van der Waals surface area (Å²) in [6.07, 6.45) is 1.84. The monoisotopic (exact) mass is 397 g/mol. The minimum absolute atomic E-state index is 0.0924. The van der Waals surface area contributed by atoms with Crippen molar-refractivity contribution in [2.75, 3.05) is 13.7 Å². The van der Waals surface area contributed by atoms with Crippen molar-refractivity contribution in [2.45, 2.75) is 40.0 Å².